The van der Waals surface area contributed by atoms with Crippen LogP contribution in [0.25, 0.3) is 5.57 Å². The first-order chi connectivity index (χ1) is 7.38. The third-order valence-corrected chi connectivity index (χ3v) is 3.89. The molecule has 78 valence electrons. The Labute approximate surface area is 92.0 Å². The summed E-state index contributed by atoms with van der Waals surface area (Å²) in [6.45, 7) is 2.24. The van der Waals surface area contributed by atoms with Crippen molar-refractivity contribution >= 4 is 5.57 Å². The van der Waals surface area contributed by atoms with Crippen LogP contribution >= 0.6 is 0 Å². The zero-order valence-electron chi connectivity index (χ0n) is 9.47. The maximum Gasteiger partial charge on any atom is -0.00549 e. The summed E-state index contributed by atoms with van der Waals surface area (Å²) < 4.78 is 0. The number of rotatable bonds is 1. The Hall–Kier alpha value is -1.04. The minimum Gasteiger partial charge on any atom is -0.0620 e. The summed E-state index contributed by atoms with van der Waals surface area (Å²) in [5.74, 6) is 0. The lowest BCUT2D eigenvalue weighted by Gasteiger charge is -2.13. The summed E-state index contributed by atoms with van der Waals surface area (Å²) in [6.07, 6.45) is 7.90. The predicted octanol–water partition coefficient (Wildman–Crippen LogP) is 4.13. The standard InChI is InChI=1S/C15H18/c1-2-11-7-8-15-13(9-11)10-12-5-3-4-6-14(12)15/h7-9H,2-6,10H2,1H3. The maximum absolute atomic E-state index is 2.42. The van der Waals surface area contributed by atoms with Crippen LogP contribution in [0.2, 0.25) is 0 Å². The van der Waals surface area contributed by atoms with Crippen LogP contribution in [0.4, 0.5) is 0 Å². The fraction of sp³-hybridized carbons (Fsp3) is 0.467. The third-order valence-electron chi connectivity index (χ3n) is 3.89. The molecule has 2 aliphatic rings. The lowest BCUT2D eigenvalue weighted by molar-refractivity contribution is 0.711. The smallest absolute Gasteiger partial charge is 0.00549 e. The van der Waals surface area contributed by atoms with Crippen LogP contribution in [0.5, 0.6) is 0 Å². The summed E-state index contributed by atoms with van der Waals surface area (Å²) >= 11 is 0. The van der Waals surface area contributed by atoms with Crippen LogP contribution in [0.1, 0.15) is 49.3 Å². The number of allylic oxidation sites excluding steroid dienone is 2. The fourth-order valence-corrected chi connectivity index (χ4v) is 3.03. The molecule has 0 unspecified atom stereocenters. The average molecular weight is 198 g/mol. The molecule has 0 fully saturated rings. The maximum atomic E-state index is 2.42. The highest BCUT2D eigenvalue weighted by atomic mass is 14.3. The SMILES string of the molecule is CCc1ccc2c(c1)CC1=C2CCCC1. The van der Waals surface area contributed by atoms with Gasteiger partial charge < -0.3 is 0 Å². The molecule has 15 heavy (non-hydrogen) atoms. The molecule has 1 aromatic carbocycles. The molecular formula is C15H18. The quantitative estimate of drug-likeness (QED) is 0.636. The molecular weight excluding hydrogens is 180 g/mol. The van der Waals surface area contributed by atoms with Gasteiger partial charge in [0.1, 0.15) is 0 Å². The Morgan fingerprint density at radius 2 is 2.00 bits per heavy atom. The monoisotopic (exact) mass is 198 g/mol. The van der Waals surface area contributed by atoms with E-state index in [0.717, 1.165) is 6.42 Å². The van der Waals surface area contributed by atoms with E-state index in [9.17, 15) is 0 Å². The molecule has 0 saturated carbocycles. The van der Waals surface area contributed by atoms with Crippen molar-refractivity contribution in [3.05, 3.63) is 40.5 Å². The van der Waals surface area contributed by atoms with Crippen molar-refractivity contribution in [1.29, 1.82) is 0 Å². The van der Waals surface area contributed by atoms with Gasteiger partial charge in [-0.15, -0.1) is 0 Å². The van der Waals surface area contributed by atoms with E-state index >= 15 is 0 Å². The Kier molecular flexibility index (Phi) is 2.16. The van der Waals surface area contributed by atoms with Crippen LogP contribution in [0.3, 0.4) is 0 Å². The van der Waals surface area contributed by atoms with Crippen LogP contribution in [-0.2, 0) is 12.8 Å². The first-order valence-electron chi connectivity index (χ1n) is 6.21. The first-order valence-corrected chi connectivity index (χ1v) is 6.21. The number of benzene rings is 1. The van der Waals surface area contributed by atoms with E-state index in [2.05, 4.69) is 25.1 Å². The Bertz CT molecular complexity index is 424. The van der Waals surface area contributed by atoms with E-state index in [-0.39, 0.29) is 0 Å². The Morgan fingerprint density at radius 3 is 2.87 bits per heavy atom. The van der Waals surface area contributed by atoms with Crippen molar-refractivity contribution in [3.8, 4) is 0 Å². The molecule has 0 heteroatoms. The van der Waals surface area contributed by atoms with E-state index in [1.165, 1.54) is 37.7 Å². The van der Waals surface area contributed by atoms with E-state index in [4.69, 9.17) is 0 Å². The molecule has 0 nitrogen and oxygen atoms in total. The molecule has 0 bridgehead atoms. The highest BCUT2D eigenvalue weighted by Crippen LogP contribution is 2.41. The van der Waals surface area contributed by atoms with Crippen molar-refractivity contribution in [2.45, 2.75) is 45.4 Å². The van der Waals surface area contributed by atoms with Crippen molar-refractivity contribution in [2.24, 2.45) is 0 Å². The van der Waals surface area contributed by atoms with Crippen LogP contribution in [0, 0.1) is 0 Å². The normalized spacial score (nSPS) is 19.0. The Morgan fingerprint density at radius 1 is 1.13 bits per heavy atom. The summed E-state index contributed by atoms with van der Waals surface area (Å²) in [7, 11) is 0. The van der Waals surface area contributed by atoms with E-state index < -0.39 is 0 Å². The molecule has 0 atom stereocenters. The van der Waals surface area contributed by atoms with Crippen molar-refractivity contribution in [3.63, 3.8) is 0 Å². The van der Waals surface area contributed by atoms with Gasteiger partial charge in [0.05, 0.1) is 0 Å². The van der Waals surface area contributed by atoms with Gasteiger partial charge in [-0.25, -0.2) is 0 Å². The second-order valence-corrected chi connectivity index (χ2v) is 4.81. The van der Waals surface area contributed by atoms with Gasteiger partial charge in [0, 0.05) is 0 Å². The third kappa shape index (κ3) is 1.43. The summed E-state index contributed by atoms with van der Waals surface area (Å²) in [4.78, 5) is 0. The van der Waals surface area contributed by atoms with Crippen LogP contribution in [0.15, 0.2) is 23.8 Å². The molecule has 0 aliphatic heterocycles. The van der Waals surface area contributed by atoms with Gasteiger partial charge in [0.2, 0.25) is 0 Å². The van der Waals surface area contributed by atoms with Gasteiger partial charge in [-0.05, 0) is 60.8 Å². The van der Waals surface area contributed by atoms with E-state index in [0.29, 0.717) is 0 Å². The Balaban J connectivity index is 2.03. The largest absolute Gasteiger partial charge is 0.0620 e. The molecule has 0 aromatic heterocycles. The van der Waals surface area contributed by atoms with Crippen molar-refractivity contribution < 1.29 is 0 Å². The van der Waals surface area contributed by atoms with Gasteiger partial charge in [0.25, 0.3) is 0 Å². The second-order valence-electron chi connectivity index (χ2n) is 4.81. The molecule has 0 saturated heterocycles. The topological polar surface area (TPSA) is 0 Å². The molecule has 0 amide bonds. The first kappa shape index (κ1) is 9.21. The van der Waals surface area contributed by atoms with Gasteiger partial charge >= 0.3 is 0 Å². The van der Waals surface area contributed by atoms with Crippen LogP contribution in [-0.4, -0.2) is 0 Å². The number of hydrogen-bond acceptors (Lipinski definition) is 0. The molecule has 0 spiro atoms. The summed E-state index contributed by atoms with van der Waals surface area (Å²) in [5.41, 5.74) is 8.10. The lowest BCUT2D eigenvalue weighted by Crippen LogP contribution is -1.93. The second kappa shape index (κ2) is 3.52. The summed E-state index contributed by atoms with van der Waals surface area (Å²) in [5, 5.41) is 0. The highest BCUT2D eigenvalue weighted by Gasteiger charge is 2.23. The average Bonchev–Trinajstić information content (AvgIpc) is 2.66. The van der Waals surface area contributed by atoms with Gasteiger partial charge in [-0.3, -0.25) is 0 Å². The molecule has 2 aliphatic carbocycles. The molecule has 0 N–H and O–H groups in total. The number of aryl methyl sites for hydroxylation is 1. The van der Waals surface area contributed by atoms with Gasteiger partial charge in [0.15, 0.2) is 0 Å². The zero-order valence-corrected chi connectivity index (χ0v) is 9.47. The highest BCUT2D eigenvalue weighted by molar-refractivity contribution is 5.77. The van der Waals surface area contributed by atoms with Crippen LogP contribution < -0.4 is 0 Å². The van der Waals surface area contributed by atoms with Crippen molar-refractivity contribution in [1.82, 2.24) is 0 Å². The van der Waals surface area contributed by atoms with Gasteiger partial charge in [-0.1, -0.05) is 30.7 Å². The predicted molar refractivity (Wildman–Crippen MR) is 64.9 cm³/mol. The van der Waals surface area contributed by atoms with Crippen molar-refractivity contribution in [2.75, 3.05) is 0 Å². The van der Waals surface area contributed by atoms with E-state index in [1.807, 2.05) is 0 Å². The number of fused-ring (bicyclic) bond motifs is 2. The molecule has 1 aromatic rings. The lowest BCUT2D eigenvalue weighted by atomic mass is 9.92. The molecule has 0 heterocycles. The summed E-state index contributed by atoms with van der Waals surface area (Å²) in [6, 6.07) is 7.10. The molecule has 0 radical (unpaired) electrons. The zero-order chi connectivity index (χ0) is 10.3. The number of hydrogen-bond donors (Lipinski definition) is 0. The molecule has 3 rings (SSSR count). The fourth-order valence-electron chi connectivity index (χ4n) is 3.03. The van der Waals surface area contributed by atoms with E-state index in [1.54, 1.807) is 22.3 Å². The van der Waals surface area contributed by atoms with Gasteiger partial charge in [-0.2, -0.15) is 0 Å². The minimum atomic E-state index is 1.16. The minimum absolute atomic E-state index is 1.16.